The van der Waals surface area contributed by atoms with E-state index in [4.69, 9.17) is 14.6 Å². The van der Waals surface area contributed by atoms with Crippen molar-refractivity contribution in [2.24, 2.45) is 0 Å². The summed E-state index contributed by atoms with van der Waals surface area (Å²) < 4.78 is 35.8. The lowest BCUT2D eigenvalue weighted by Gasteiger charge is -2.31. The molecular formula is C12H15NO6S. The molecule has 1 heterocycles. The van der Waals surface area contributed by atoms with Gasteiger partial charge in [0.2, 0.25) is 10.0 Å². The van der Waals surface area contributed by atoms with Gasteiger partial charge in [0.05, 0.1) is 19.1 Å². The molecular weight excluding hydrogens is 286 g/mol. The highest BCUT2D eigenvalue weighted by Gasteiger charge is 2.40. The minimum atomic E-state index is -3.86. The fraction of sp³-hybridized carbons (Fsp3) is 0.417. The Hall–Kier alpha value is -1.80. The van der Waals surface area contributed by atoms with Crippen molar-refractivity contribution < 1.29 is 27.8 Å². The minimum absolute atomic E-state index is 0.0511. The summed E-state index contributed by atoms with van der Waals surface area (Å²) >= 11 is 0. The van der Waals surface area contributed by atoms with Crippen LogP contribution in [0.2, 0.25) is 0 Å². The number of nitrogens with zero attached hydrogens (tertiary/aromatic N) is 1. The first-order chi connectivity index (χ1) is 9.32. The van der Waals surface area contributed by atoms with E-state index in [0.717, 1.165) is 4.31 Å². The van der Waals surface area contributed by atoms with E-state index in [-0.39, 0.29) is 17.1 Å². The Balaban J connectivity index is 2.67. The van der Waals surface area contributed by atoms with Gasteiger partial charge in [0.25, 0.3) is 0 Å². The number of benzene rings is 1. The smallest absolute Gasteiger partial charge is 0.322 e. The van der Waals surface area contributed by atoms with E-state index in [1.165, 1.54) is 33.4 Å². The first-order valence-corrected chi connectivity index (χ1v) is 7.22. The van der Waals surface area contributed by atoms with Crippen LogP contribution in [0.25, 0.3) is 0 Å². The van der Waals surface area contributed by atoms with Crippen molar-refractivity contribution in [2.75, 3.05) is 21.3 Å². The maximum Gasteiger partial charge on any atom is 0.322 e. The number of hydrogen-bond acceptors (Lipinski definition) is 5. The van der Waals surface area contributed by atoms with Crippen molar-refractivity contribution >= 4 is 16.0 Å². The SMILES string of the molecule is COc1cc2c(cc1OC)S(=O)(=O)N(C)C(C(=O)O)C2. The molecule has 0 aromatic heterocycles. The van der Waals surface area contributed by atoms with Gasteiger partial charge in [-0.1, -0.05) is 0 Å². The Labute approximate surface area is 116 Å². The molecule has 0 bridgehead atoms. The van der Waals surface area contributed by atoms with Gasteiger partial charge in [-0.05, 0) is 11.6 Å². The molecule has 1 aliphatic rings. The van der Waals surface area contributed by atoms with Crippen LogP contribution < -0.4 is 9.47 Å². The molecule has 0 spiro atoms. The molecule has 1 aromatic carbocycles. The molecule has 20 heavy (non-hydrogen) atoms. The molecule has 0 saturated heterocycles. The number of aliphatic carboxylic acids is 1. The summed E-state index contributed by atoms with van der Waals surface area (Å²) in [5, 5.41) is 9.13. The predicted octanol–water partition coefficient (Wildman–Crippen LogP) is 0.334. The quantitative estimate of drug-likeness (QED) is 0.865. The lowest BCUT2D eigenvalue weighted by Crippen LogP contribution is -2.47. The second-order valence-corrected chi connectivity index (χ2v) is 6.36. The maximum atomic E-state index is 12.4. The molecule has 1 aliphatic heterocycles. The highest BCUT2D eigenvalue weighted by Crippen LogP contribution is 2.37. The van der Waals surface area contributed by atoms with Crippen molar-refractivity contribution in [2.45, 2.75) is 17.4 Å². The monoisotopic (exact) mass is 301 g/mol. The Bertz CT molecular complexity index is 654. The number of carbonyl (C=O) groups is 1. The molecule has 0 fully saturated rings. The third-order valence-electron chi connectivity index (χ3n) is 3.36. The van der Waals surface area contributed by atoms with Crippen LogP contribution in [0.4, 0.5) is 0 Å². The Morgan fingerprint density at radius 2 is 1.85 bits per heavy atom. The second kappa shape index (κ2) is 4.95. The molecule has 7 nitrogen and oxygen atoms in total. The van der Waals surface area contributed by atoms with Crippen molar-refractivity contribution in [3.05, 3.63) is 17.7 Å². The van der Waals surface area contributed by atoms with Gasteiger partial charge in [-0.3, -0.25) is 4.79 Å². The molecule has 1 atom stereocenters. The third-order valence-corrected chi connectivity index (χ3v) is 5.31. The van der Waals surface area contributed by atoms with E-state index in [0.29, 0.717) is 11.3 Å². The number of sulfonamides is 1. The predicted molar refractivity (Wildman–Crippen MR) is 69.6 cm³/mol. The summed E-state index contributed by atoms with van der Waals surface area (Å²) in [6.07, 6.45) is 0.0841. The summed E-state index contributed by atoms with van der Waals surface area (Å²) in [5.41, 5.74) is 0.410. The van der Waals surface area contributed by atoms with Crippen LogP contribution in [0.1, 0.15) is 5.56 Å². The van der Waals surface area contributed by atoms with E-state index >= 15 is 0 Å². The first-order valence-electron chi connectivity index (χ1n) is 5.78. The first kappa shape index (κ1) is 14.6. The van der Waals surface area contributed by atoms with Gasteiger partial charge in [-0.25, -0.2) is 8.42 Å². The zero-order chi connectivity index (χ0) is 15.1. The van der Waals surface area contributed by atoms with E-state index < -0.39 is 22.0 Å². The molecule has 1 unspecified atom stereocenters. The van der Waals surface area contributed by atoms with Crippen LogP contribution in [-0.4, -0.2) is 51.1 Å². The van der Waals surface area contributed by atoms with Gasteiger partial charge in [-0.15, -0.1) is 0 Å². The van der Waals surface area contributed by atoms with Crippen LogP contribution in [0.3, 0.4) is 0 Å². The van der Waals surface area contributed by atoms with E-state index in [1.54, 1.807) is 0 Å². The largest absolute Gasteiger partial charge is 0.493 e. The summed E-state index contributed by atoms with van der Waals surface area (Å²) in [6, 6.07) is 1.75. The standard InChI is InChI=1S/C12H15NO6S/c1-13-8(12(14)15)4-7-5-9(18-2)10(19-3)6-11(7)20(13,16)17/h5-6,8H,4H2,1-3H3,(H,14,15). The van der Waals surface area contributed by atoms with Crippen LogP contribution in [-0.2, 0) is 21.2 Å². The van der Waals surface area contributed by atoms with Crippen LogP contribution in [0, 0.1) is 0 Å². The Morgan fingerprint density at radius 1 is 1.30 bits per heavy atom. The number of fused-ring (bicyclic) bond motifs is 1. The normalized spacial score (nSPS) is 21.1. The maximum absolute atomic E-state index is 12.4. The van der Waals surface area contributed by atoms with Gasteiger partial charge in [0.15, 0.2) is 11.5 Å². The summed E-state index contributed by atoms with van der Waals surface area (Å²) in [7, 11) is 0.241. The molecule has 0 saturated carbocycles. The number of carboxylic acids is 1. The van der Waals surface area contributed by atoms with Crippen molar-refractivity contribution in [3.8, 4) is 11.5 Å². The number of ether oxygens (including phenoxy) is 2. The molecule has 110 valence electrons. The lowest BCUT2D eigenvalue weighted by atomic mass is 10.0. The summed E-state index contributed by atoms with van der Waals surface area (Å²) in [6.45, 7) is 0. The van der Waals surface area contributed by atoms with E-state index in [2.05, 4.69) is 0 Å². The van der Waals surface area contributed by atoms with Gasteiger partial charge in [-0.2, -0.15) is 4.31 Å². The highest BCUT2D eigenvalue weighted by atomic mass is 32.2. The molecule has 1 N–H and O–H groups in total. The molecule has 8 heteroatoms. The topological polar surface area (TPSA) is 93.1 Å². The van der Waals surface area contributed by atoms with Gasteiger partial charge < -0.3 is 14.6 Å². The number of carboxylic acid groups (broad SMARTS) is 1. The number of hydrogen-bond donors (Lipinski definition) is 1. The lowest BCUT2D eigenvalue weighted by molar-refractivity contribution is -0.141. The minimum Gasteiger partial charge on any atom is -0.493 e. The molecule has 0 aliphatic carbocycles. The van der Waals surface area contributed by atoms with Crippen LogP contribution in [0.5, 0.6) is 11.5 Å². The zero-order valence-corrected chi connectivity index (χ0v) is 12.1. The Kier molecular flexibility index (Phi) is 3.61. The van der Waals surface area contributed by atoms with Crippen LogP contribution in [0.15, 0.2) is 17.0 Å². The highest BCUT2D eigenvalue weighted by molar-refractivity contribution is 7.89. The zero-order valence-electron chi connectivity index (χ0n) is 11.3. The van der Waals surface area contributed by atoms with Crippen molar-refractivity contribution in [1.29, 1.82) is 0 Å². The van der Waals surface area contributed by atoms with E-state index in [9.17, 15) is 13.2 Å². The van der Waals surface area contributed by atoms with Crippen LogP contribution >= 0.6 is 0 Å². The number of rotatable bonds is 3. The molecule has 1 aromatic rings. The fourth-order valence-electron chi connectivity index (χ4n) is 2.20. The molecule has 2 rings (SSSR count). The average molecular weight is 301 g/mol. The average Bonchev–Trinajstić information content (AvgIpc) is 2.41. The fourth-order valence-corrected chi connectivity index (χ4v) is 3.74. The second-order valence-electron chi connectivity index (χ2n) is 4.39. The van der Waals surface area contributed by atoms with Gasteiger partial charge in [0.1, 0.15) is 6.04 Å². The van der Waals surface area contributed by atoms with Crippen molar-refractivity contribution in [1.82, 2.24) is 4.31 Å². The van der Waals surface area contributed by atoms with Crippen molar-refractivity contribution in [3.63, 3.8) is 0 Å². The number of likely N-dealkylation sites (N-methyl/N-ethyl adjacent to an activating group) is 1. The summed E-state index contributed by atoms with van der Waals surface area (Å²) in [5.74, 6) is -0.524. The third kappa shape index (κ3) is 2.10. The van der Waals surface area contributed by atoms with Gasteiger partial charge >= 0.3 is 5.97 Å². The molecule has 0 radical (unpaired) electrons. The molecule has 0 amide bonds. The van der Waals surface area contributed by atoms with Gasteiger partial charge in [0, 0.05) is 19.5 Å². The Morgan fingerprint density at radius 3 is 2.35 bits per heavy atom. The van der Waals surface area contributed by atoms with E-state index in [1.807, 2.05) is 0 Å². The summed E-state index contributed by atoms with van der Waals surface area (Å²) in [4.78, 5) is 11.2. The number of methoxy groups -OCH3 is 2.